The van der Waals surface area contributed by atoms with Gasteiger partial charge in [0.2, 0.25) is 0 Å². The van der Waals surface area contributed by atoms with Crippen LogP contribution in [0.5, 0.6) is 0 Å². The summed E-state index contributed by atoms with van der Waals surface area (Å²) in [5, 5.41) is 19.0. The number of benzene rings is 4. The number of nitrogens with zero attached hydrogens (tertiary/aromatic N) is 5. The third-order valence-electron chi connectivity index (χ3n) is 8.02. The summed E-state index contributed by atoms with van der Waals surface area (Å²) in [5.74, 6) is 0.913. The van der Waals surface area contributed by atoms with E-state index in [2.05, 4.69) is 35.8 Å². The van der Waals surface area contributed by atoms with Gasteiger partial charge in [-0.1, -0.05) is 98.3 Å². The van der Waals surface area contributed by atoms with Crippen molar-refractivity contribution >= 4 is 11.0 Å². The molecule has 0 amide bonds. The van der Waals surface area contributed by atoms with Crippen molar-refractivity contribution in [2.45, 2.75) is 39.3 Å². The van der Waals surface area contributed by atoms with Gasteiger partial charge in [-0.05, 0) is 58.0 Å². The predicted molar refractivity (Wildman–Crippen MR) is 174 cm³/mol. The van der Waals surface area contributed by atoms with E-state index in [0.29, 0.717) is 35.2 Å². The average molecular weight is 574 g/mol. The van der Waals surface area contributed by atoms with Crippen molar-refractivity contribution < 1.29 is 0 Å². The largest absolute Gasteiger partial charge is 0.319 e. The smallest absolute Gasteiger partial charge is 0.277 e. The molecule has 0 unspecified atom stereocenters. The van der Waals surface area contributed by atoms with Gasteiger partial charge in [0, 0.05) is 19.2 Å². The van der Waals surface area contributed by atoms with Crippen LogP contribution in [0.1, 0.15) is 47.8 Å². The van der Waals surface area contributed by atoms with Gasteiger partial charge in [-0.3, -0.25) is 4.79 Å². The van der Waals surface area contributed by atoms with Crippen LogP contribution in [-0.2, 0) is 19.5 Å². The van der Waals surface area contributed by atoms with Gasteiger partial charge in [0.15, 0.2) is 0 Å². The highest BCUT2D eigenvalue weighted by Gasteiger charge is 2.16. The molecule has 6 nitrogen and oxygen atoms in total. The number of nitriles is 2. The van der Waals surface area contributed by atoms with Gasteiger partial charge in [-0.15, -0.1) is 0 Å². The second-order valence-corrected chi connectivity index (χ2v) is 10.9. The molecule has 44 heavy (non-hydrogen) atoms. The minimum Gasteiger partial charge on any atom is -0.319 e. The Labute approximate surface area is 256 Å². The van der Waals surface area contributed by atoms with Crippen molar-refractivity contribution in [3.8, 4) is 34.4 Å². The first-order chi connectivity index (χ1) is 21.6. The molecule has 0 aliphatic heterocycles. The number of rotatable bonds is 9. The Morgan fingerprint density at radius 3 is 1.80 bits per heavy atom. The standard InChI is InChI=1S/C38H31N5O/c1-2-3-12-36-41-35-21-22-42(25-27-13-17-29(18-14-27)33-10-6-4-8-31(33)23-39)38(44)37(35)43(36)26-28-15-19-30(20-16-28)34-11-7-5-9-32(34)24-40/h4-11,13-22H,2-3,12,25-26H2,1H3. The molecule has 0 saturated heterocycles. The second-order valence-electron chi connectivity index (χ2n) is 10.9. The van der Waals surface area contributed by atoms with Gasteiger partial charge in [0.1, 0.15) is 11.3 Å². The van der Waals surface area contributed by atoms with Crippen molar-refractivity contribution in [3.05, 3.63) is 148 Å². The van der Waals surface area contributed by atoms with E-state index in [4.69, 9.17) is 4.98 Å². The SMILES string of the molecule is CCCCc1nc2ccn(Cc3ccc(-c4ccccc4C#N)cc3)c(=O)c2n1Cc1ccc(-c2ccccc2C#N)cc1. The first-order valence-electron chi connectivity index (χ1n) is 14.8. The molecule has 2 aromatic heterocycles. The highest BCUT2D eigenvalue weighted by Crippen LogP contribution is 2.26. The third-order valence-corrected chi connectivity index (χ3v) is 8.02. The van der Waals surface area contributed by atoms with Crippen molar-refractivity contribution in [2.24, 2.45) is 0 Å². The van der Waals surface area contributed by atoms with E-state index in [9.17, 15) is 15.3 Å². The minimum atomic E-state index is -0.0729. The zero-order valence-electron chi connectivity index (χ0n) is 24.6. The van der Waals surface area contributed by atoms with Crippen LogP contribution < -0.4 is 5.56 Å². The summed E-state index contributed by atoms with van der Waals surface area (Å²) in [4.78, 5) is 18.8. The molecular weight excluding hydrogens is 542 g/mol. The van der Waals surface area contributed by atoms with E-state index in [1.54, 1.807) is 4.57 Å². The lowest BCUT2D eigenvalue weighted by Crippen LogP contribution is -2.22. The summed E-state index contributed by atoms with van der Waals surface area (Å²) in [5.41, 5.74) is 8.33. The fraction of sp³-hybridized carbons (Fsp3) is 0.158. The van der Waals surface area contributed by atoms with Crippen LogP contribution in [0.4, 0.5) is 0 Å². The van der Waals surface area contributed by atoms with Crippen LogP contribution in [0.3, 0.4) is 0 Å². The number of unbranched alkanes of at least 4 members (excludes halogenated alkanes) is 1. The predicted octanol–water partition coefficient (Wildman–Crippen LogP) is 7.71. The lowest BCUT2D eigenvalue weighted by atomic mass is 9.99. The van der Waals surface area contributed by atoms with Crippen molar-refractivity contribution in [2.75, 3.05) is 0 Å². The number of pyridine rings is 1. The molecule has 6 heteroatoms. The summed E-state index contributed by atoms with van der Waals surface area (Å²) >= 11 is 0. The number of imidazole rings is 1. The maximum absolute atomic E-state index is 13.9. The quantitative estimate of drug-likeness (QED) is 0.177. The Balaban J connectivity index is 1.32. The molecule has 6 aromatic rings. The molecule has 4 aromatic carbocycles. The Bertz CT molecular complexity index is 2090. The van der Waals surface area contributed by atoms with Crippen molar-refractivity contribution in [1.82, 2.24) is 14.1 Å². The average Bonchev–Trinajstić information content (AvgIpc) is 3.43. The summed E-state index contributed by atoms with van der Waals surface area (Å²) in [6.45, 7) is 3.11. The van der Waals surface area contributed by atoms with Crippen LogP contribution in [0, 0.1) is 22.7 Å². The van der Waals surface area contributed by atoms with Gasteiger partial charge >= 0.3 is 0 Å². The molecule has 0 aliphatic rings. The summed E-state index contributed by atoms with van der Waals surface area (Å²) in [6, 6.07) is 37.8. The van der Waals surface area contributed by atoms with Gasteiger partial charge in [-0.2, -0.15) is 10.5 Å². The molecule has 6 rings (SSSR count). The van der Waals surface area contributed by atoms with Crippen LogP contribution in [-0.4, -0.2) is 14.1 Å². The van der Waals surface area contributed by atoms with E-state index in [-0.39, 0.29) is 5.56 Å². The first kappa shape index (κ1) is 28.4. The van der Waals surface area contributed by atoms with Gasteiger partial charge in [0.05, 0.1) is 35.3 Å². The van der Waals surface area contributed by atoms with Crippen LogP contribution in [0.15, 0.2) is 114 Å². The molecule has 0 radical (unpaired) electrons. The molecule has 0 N–H and O–H groups in total. The van der Waals surface area contributed by atoms with Crippen LogP contribution in [0.25, 0.3) is 33.3 Å². The number of aryl methyl sites for hydroxylation is 1. The van der Waals surface area contributed by atoms with E-state index >= 15 is 0 Å². The Morgan fingerprint density at radius 1 is 0.705 bits per heavy atom. The van der Waals surface area contributed by atoms with Gasteiger partial charge in [-0.25, -0.2) is 4.98 Å². The molecule has 2 heterocycles. The molecule has 0 saturated carbocycles. The van der Waals surface area contributed by atoms with Gasteiger partial charge in [0.25, 0.3) is 5.56 Å². The van der Waals surface area contributed by atoms with E-state index in [1.807, 2.05) is 97.2 Å². The number of fused-ring (bicyclic) bond motifs is 1. The number of aromatic nitrogens is 3. The minimum absolute atomic E-state index is 0.0729. The summed E-state index contributed by atoms with van der Waals surface area (Å²) in [6.07, 6.45) is 4.65. The molecule has 0 fully saturated rings. The summed E-state index contributed by atoms with van der Waals surface area (Å²) < 4.78 is 3.81. The van der Waals surface area contributed by atoms with Crippen molar-refractivity contribution in [1.29, 1.82) is 10.5 Å². The van der Waals surface area contributed by atoms with Crippen LogP contribution in [0.2, 0.25) is 0 Å². The zero-order valence-corrected chi connectivity index (χ0v) is 24.6. The number of hydrogen-bond acceptors (Lipinski definition) is 4. The fourth-order valence-corrected chi connectivity index (χ4v) is 5.67. The maximum Gasteiger partial charge on any atom is 0.277 e. The molecular formula is C38H31N5O. The van der Waals surface area contributed by atoms with E-state index < -0.39 is 0 Å². The Kier molecular flexibility index (Phi) is 8.17. The lowest BCUT2D eigenvalue weighted by molar-refractivity contribution is 0.684. The first-order valence-corrected chi connectivity index (χ1v) is 14.8. The van der Waals surface area contributed by atoms with Gasteiger partial charge < -0.3 is 9.13 Å². The molecule has 214 valence electrons. The normalized spacial score (nSPS) is 10.9. The highest BCUT2D eigenvalue weighted by molar-refractivity contribution is 5.75. The monoisotopic (exact) mass is 573 g/mol. The van der Waals surface area contributed by atoms with Crippen molar-refractivity contribution in [3.63, 3.8) is 0 Å². The number of hydrogen-bond donors (Lipinski definition) is 0. The summed E-state index contributed by atoms with van der Waals surface area (Å²) in [7, 11) is 0. The molecule has 0 bridgehead atoms. The highest BCUT2D eigenvalue weighted by atomic mass is 16.1. The fourth-order valence-electron chi connectivity index (χ4n) is 5.67. The Morgan fingerprint density at radius 2 is 1.25 bits per heavy atom. The topological polar surface area (TPSA) is 87.4 Å². The third kappa shape index (κ3) is 5.67. The molecule has 0 atom stereocenters. The van der Waals surface area contributed by atoms with Crippen LogP contribution >= 0.6 is 0 Å². The van der Waals surface area contributed by atoms with E-state index in [0.717, 1.165) is 58.5 Å². The maximum atomic E-state index is 13.9. The lowest BCUT2D eigenvalue weighted by Gasteiger charge is -2.12. The zero-order chi connectivity index (χ0) is 30.5. The van der Waals surface area contributed by atoms with E-state index in [1.165, 1.54) is 0 Å². The second kappa shape index (κ2) is 12.7. The Hall–Kier alpha value is -5.72. The molecule has 0 spiro atoms. The molecule has 0 aliphatic carbocycles.